The minimum Gasteiger partial charge on any atom is -0.276 e. The van der Waals surface area contributed by atoms with Crippen LogP contribution in [0.4, 0.5) is 8.78 Å². The molecule has 0 saturated carbocycles. The zero-order valence-electron chi connectivity index (χ0n) is 6.10. The molecule has 0 atom stereocenters. The molecule has 6 heteroatoms. The van der Waals surface area contributed by atoms with E-state index in [-0.39, 0.29) is 10.7 Å². The first-order chi connectivity index (χ1) is 6.02. The minimum absolute atomic E-state index is 0.0478. The third-order valence-corrected chi connectivity index (χ3v) is 1.76. The van der Waals surface area contributed by atoms with E-state index in [1.54, 1.807) is 0 Å². The van der Waals surface area contributed by atoms with Crippen molar-refractivity contribution in [2.45, 2.75) is 6.43 Å². The van der Waals surface area contributed by atoms with Crippen molar-refractivity contribution in [2.24, 2.45) is 0 Å². The highest BCUT2D eigenvalue weighted by molar-refractivity contribution is 6.68. The van der Waals surface area contributed by atoms with Gasteiger partial charge in [0.15, 0.2) is 0 Å². The van der Waals surface area contributed by atoms with Gasteiger partial charge in [-0.05, 0) is 17.7 Å². The highest BCUT2D eigenvalue weighted by Crippen LogP contribution is 2.25. The van der Waals surface area contributed by atoms with Gasteiger partial charge in [0, 0.05) is 17.3 Å². The van der Waals surface area contributed by atoms with Crippen LogP contribution in [0.5, 0.6) is 0 Å². The molecule has 0 aliphatic carbocycles. The van der Waals surface area contributed by atoms with Crippen molar-refractivity contribution < 1.29 is 13.6 Å². The quantitative estimate of drug-likeness (QED) is 0.572. The zero-order chi connectivity index (χ0) is 10.0. The van der Waals surface area contributed by atoms with E-state index in [0.717, 1.165) is 12.3 Å². The summed E-state index contributed by atoms with van der Waals surface area (Å²) in [5, 5.41) is -1.02. The second-order valence-corrected chi connectivity index (χ2v) is 2.90. The lowest BCUT2D eigenvalue weighted by molar-refractivity contribution is 0.106. The first-order valence-electron chi connectivity index (χ1n) is 3.16. The Morgan fingerprint density at radius 1 is 1.54 bits per heavy atom. The van der Waals surface area contributed by atoms with Crippen molar-refractivity contribution in [1.29, 1.82) is 0 Å². The van der Waals surface area contributed by atoms with E-state index in [9.17, 15) is 13.6 Å². The van der Waals surface area contributed by atoms with Gasteiger partial charge in [0.05, 0.1) is 0 Å². The number of halogens is 4. The first kappa shape index (κ1) is 10.3. The van der Waals surface area contributed by atoms with Crippen molar-refractivity contribution >= 4 is 28.4 Å². The maximum absolute atomic E-state index is 12.2. The summed E-state index contributed by atoms with van der Waals surface area (Å²) in [7, 11) is 0. The van der Waals surface area contributed by atoms with E-state index in [1.165, 1.54) is 0 Å². The molecular formula is C7H3Cl2F2NO. The maximum atomic E-state index is 12.2. The largest absolute Gasteiger partial charge is 0.276 e. The predicted molar refractivity (Wildman–Crippen MR) is 44.4 cm³/mol. The summed E-state index contributed by atoms with van der Waals surface area (Å²) >= 11 is 10.5. The lowest BCUT2D eigenvalue weighted by atomic mass is 10.1. The van der Waals surface area contributed by atoms with Crippen molar-refractivity contribution in [1.82, 2.24) is 4.98 Å². The molecule has 0 unspecified atom stereocenters. The Morgan fingerprint density at radius 2 is 2.15 bits per heavy atom. The molecule has 1 rings (SSSR count). The minimum atomic E-state index is -2.79. The molecule has 0 N–H and O–H groups in total. The average molecular weight is 226 g/mol. The summed E-state index contributed by atoms with van der Waals surface area (Å²) in [6.45, 7) is 0. The van der Waals surface area contributed by atoms with Gasteiger partial charge in [0.25, 0.3) is 11.7 Å². The summed E-state index contributed by atoms with van der Waals surface area (Å²) in [6, 6.07) is 1.01. The van der Waals surface area contributed by atoms with Crippen LogP contribution in [0.3, 0.4) is 0 Å². The number of rotatable bonds is 2. The average Bonchev–Trinajstić information content (AvgIpc) is 2.03. The molecule has 0 spiro atoms. The van der Waals surface area contributed by atoms with Gasteiger partial charge in [-0.15, -0.1) is 0 Å². The second-order valence-electron chi connectivity index (χ2n) is 2.17. The third-order valence-electron chi connectivity index (χ3n) is 1.35. The zero-order valence-corrected chi connectivity index (χ0v) is 7.61. The SMILES string of the molecule is O=C(Cl)c1cc(Cl)ncc1C(F)F. The normalized spacial score (nSPS) is 10.5. The van der Waals surface area contributed by atoms with Crippen LogP contribution in [0, 0.1) is 0 Å². The summed E-state index contributed by atoms with van der Waals surface area (Å²) in [5.74, 6) is 0. The maximum Gasteiger partial charge on any atom is 0.266 e. The number of nitrogens with zero attached hydrogens (tertiary/aromatic N) is 1. The fourth-order valence-corrected chi connectivity index (χ4v) is 1.11. The van der Waals surface area contributed by atoms with E-state index in [0.29, 0.717) is 0 Å². The van der Waals surface area contributed by atoms with Gasteiger partial charge in [-0.25, -0.2) is 13.8 Å². The van der Waals surface area contributed by atoms with Crippen molar-refractivity contribution in [2.75, 3.05) is 0 Å². The smallest absolute Gasteiger partial charge is 0.266 e. The monoisotopic (exact) mass is 225 g/mol. The molecule has 70 valence electrons. The van der Waals surface area contributed by atoms with Crippen molar-refractivity contribution in [3.63, 3.8) is 0 Å². The van der Waals surface area contributed by atoms with E-state index in [4.69, 9.17) is 23.2 Å². The van der Waals surface area contributed by atoms with Gasteiger partial charge < -0.3 is 0 Å². The fraction of sp³-hybridized carbons (Fsp3) is 0.143. The van der Waals surface area contributed by atoms with Crippen LogP contribution >= 0.6 is 23.2 Å². The Morgan fingerprint density at radius 3 is 2.62 bits per heavy atom. The molecule has 0 aliphatic heterocycles. The van der Waals surface area contributed by atoms with E-state index in [2.05, 4.69) is 4.98 Å². The van der Waals surface area contributed by atoms with E-state index >= 15 is 0 Å². The molecule has 1 heterocycles. The first-order valence-corrected chi connectivity index (χ1v) is 3.91. The highest BCUT2D eigenvalue weighted by Gasteiger charge is 2.17. The van der Waals surface area contributed by atoms with E-state index < -0.39 is 17.2 Å². The van der Waals surface area contributed by atoms with Crippen LogP contribution in [0.2, 0.25) is 5.15 Å². The van der Waals surface area contributed by atoms with Crippen LogP contribution in [0.1, 0.15) is 22.3 Å². The molecule has 0 bridgehead atoms. The molecule has 0 aromatic carbocycles. The molecule has 0 aliphatic rings. The number of carbonyl (C=O) groups excluding carboxylic acids is 1. The lowest BCUT2D eigenvalue weighted by Crippen LogP contribution is -1.99. The Kier molecular flexibility index (Phi) is 3.17. The highest BCUT2D eigenvalue weighted by atomic mass is 35.5. The third kappa shape index (κ3) is 2.35. The molecule has 2 nitrogen and oxygen atoms in total. The van der Waals surface area contributed by atoms with Gasteiger partial charge in [0.1, 0.15) is 5.15 Å². The summed E-state index contributed by atoms with van der Waals surface area (Å²) < 4.78 is 24.5. The fourth-order valence-electron chi connectivity index (χ4n) is 0.785. The number of hydrogen-bond donors (Lipinski definition) is 0. The summed E-state index contributed by atoms with van der Waals surface area (Å²) in [6.07, 6.45) is -1.95. The molecule has 0 amide bonds. The van der Waals surface area contributed by atoms with Gasteiger partial charge in [-0.1, -0.05) is 11.6 Å². The Labute approximate surface area is 82.5 Å². The number of pyridine rings is 1. The predicted octanol–water partition coefficient (Wildman–Crippen LogP) is 3.05. The lowest BCUT2D eigenvalue weighted by Gasteiger charge is -2.03. The molecule has 1 aromatic rings. The van der Waals surface area contributed by atoms with Crippen LogP contribution in [-0.2, 0) is 0 Å². The second kappa shape index (κ2) is 3.98. The number of aromatic nitrogens is 1. The van der Waals surface area contributed by atoms with Gasteiger partial charge >= 0.3 is 0 Å². The standard InChI is InChI=1S/C7H3Cl2F2NO/c8-5-1-3(6(9)13)4(2-12-5)7(10)11/h1-2,7H. The molecule has 0 radical (unpaired) electrons. The molecule has 13 heavy (non-hydrogen) atoms. The van der Waals surface area contributed by atoms with Crippen LogP contribution < -0.4 is 0 Å². The van der Waals surface area contributed by atoms with Crippen molar-refractivity contribution in [3.8, 4) is 0 Å². The molecule has 0 saturated heterocycles. The van der Waals surface area contributed by atoms with Crippen LogP contribution in [-0.4, -0.2) is 10.2 Å². The number of carbonyl (C=O) groups is 1. The summed E-state index contributed by atoms with van der Waals surface area (Å²) in [4.78, 5) is 14.1. The summed E-state index contributed by atoms with van der Waals surface area (Å²) in [5.41, 5.74) is -0.818. The number of alkyl halides is 2. The topological polar surface area (TPSA) is 30.0 Å². The van der Waals surface area contributed by atoms with Gasteiger partial charge in [-0.3, -0.25) is 4.79 Å². The molecular weight excluding hydrogens is 223 g/mol. The van der Waals surface area contributed by atoms with Crippen LogP contribution in [0.15, 0.2) is 12.3 Å². The van der Waals surface area contributed by atoms with Crippen LogP contribution in [0.25, 0.3) is 0 Å². The van der Waals surface area contributed by atoms with Crippen molar-refractivity contribution in [3.05, 3.63) is 28.5 Å². The van der Waals surface area contributed by atoms with E-state index in [1.807, 2.05) is 0 Å². The number of hydrogen-bond acceptors (Lipinski definition) is 2. The van der Waals surface area contributed by atoms with Gasteiger partial charge in [-0.2, -0.15) is 0 Å². The Balaban J connectivity index is 3.27. The molecule has 0 fully saturated rings. The Bertz CT molecular complexity index is 343. The Hall–Kier alpha value is -0.740. The van der Waals surface area contributed by atoms with Gasteiger partial charge in [0.2, 0.25) is 0 Å². The molecule has 1 aromatic heterocycles.